The number of hydrogen-bond donors (Lipinski definition) is 1. The van der Waals surface area contributed by atoms with Crippen molar-refractivity contribution >= 4 is 0 Å². The molecule has 2 saturated carbocycles. The van der Waals surface area contributed by atoms with Crippen molar-refractivity contribution in [1.82, 2.24) is 0 Å². The first-order valence-electron chi connectivity index (χ1n) is 5.90. The van der Waals surface area contributed by atoms with Gasteiger partial charge in [-0.25, -0.2) is 0 Å². The van der Waals surface area contributed by atoms with Crippen LogP contribution >= 0.6 is 0 Å². The Kier molecular flexibility index (Phi) is 2.39. The second-order valence-corrected chi connectivity index (χ2v) is 5.63. The highest BCUT2D eigenvalue weighted by Crippen LogP contribution is 2.56. The summed E-state index contributed by atoms with van der Waals surface area (Å²) in [4.78, 5) is 0. The van der Waals surface area contributed by atoms with Gasteiger partial charge in [0.2, 0.25) is 0 Å². The van der Waals surface area contributed by atoms with E-state index in [1.165, 1.54) is 38.5 Å². The van der Waals surface area contributed by atoms with Crippen LogP contribution in [0.2, 0.25) is 0 Å². The van der Waals surface area contributed by atoms with Crippen molar-refractivity contribution in [1.29, 1.82) is 0 Å². The van der Waals surface area contributed by atoms with Crippen LogP contribution in [0.5, 0.6) is 0 Å². The Bertz CT molecular complexity index is 174. The summed E-state index contributed by atoms with van der Waals surface area (Å²) in [6, 6.07) is 0.527. The Hall–Kier alpha value is -0.0400. The Morgan fingerprint density at radius 3 is 2.46 bits per heavy atom. The molecular formula is C12H23N. The summed E-state index contributed by atoms with van der Waals surface area (Å²) in [6.07, 6.45) is 8.47. The number of rotatable bonds is 1. The molecule has 1 atom stereocenters. The zero-order valence-corrected chi connectivity index (χ0v) is 9.05. The molecule has 0 bridgehead atoms. The Morgan fingerprint density at radius 2 is 1.92 bits per heavy atom. The first kappa shape index (κ1) is 9.51. The summed E-state index contributed by atoms with van der Waals surface area (Å²) in [5.41, 5.74) is 6.63. The molecule has 2 aliphatic carbocycles. The van der Waals surface area contributed by atoms with Gasteiger partial charge in [-0.2, -0.15) is 0 Å². The lowest BCUT2D eigenvalue weighted by Crippen LogP contribution is -2.52. The van der Waals surface area contributed by atoms with Gasteiger partial charge in [-0.15, -0.1) is 0 Å². The zero-order valence-electron chi connectivity index (χ0n) is 9.05. The van der Waals surface area contributed by atoms with Gasteiger partial charge in [0.25, 0.3) is 0 Å². The average Bonchev–Trinajstić information content (AvgIpc) is 2.02. The number of nitrogens with two attached hydrogens (primary N) is 1. The van der Waals surface area contributed by atoms with Gasteiger partial charge in [-0.05, 0) is 42.9 Å². The second-order valence-electron chi connectivity index (χ2n) is 5.63. The van der Waals surface area contributed by atoms with Gasteiger partial charge in [0.1, 0.15) is 0 Å². The lowest BCUT2D eigenvalue weighted by Gasteiger charge is -2.55. The van der Waals surface area contributed by atoms with E-state index in [2.05, 4.69) is 13.8 Å². The third-order valence-corrected chi connectivity index (χ3v) is 4.37. The molecule has 1 unspecified atom stereocenters. The van der Waals surface area contributed by atoms with E-state index in [9.17, 15) is 0 Å². The predicted molar refractivity (Wildman–Crippen MR) is 56.4 cm³/mol. The van der Waals surface area contributed by atoms with Crippen LogP contribution in [0.4, 0.5) is 0 Å². The summed E-state index contributed by atoms with van der Waals surface area (Å²) in [6.45, 7) is 4.78. The molecule has 0 aromatic carbocycles. The van der Waals surface area contributed by atoms with E-state index in [1.807, 2.05) is 0 Å². The third kappa shape index (κ3) is 1.52. The van der Waals surface area contributed by atoms with Gasteiger partial charge < -0.3 is 5.73 Å². The quantitative estimate of drug-likeness (QED) is 0.661. The minimum atomic E-state index is 0.527. The fraction of sp³-hybridized carbons (Fsp3) is 1.00. The van der Waals surface area contributed by atoms with E-state index in [0.717, 1.165) is 11.8 Å². The van der Waals surface area contributed by atoms with Crippen molar-refractivity contribution in [2.45, 2.75) is 58.4 Å². The normalized spacial score (nSPS) is 45.2. The highest BCUT2D eigenvalue weighted by Gasteiger charge is 2.49. The fourth-order valence-electron chi connectivity index (χ4n) is 3.86. The van der Waals surface area contributed by atoms with Gasteiger partial charge in [-0.3, -0.25) is 0 Å². The maximum atomic E-state index is 5.95. The van der Waals surface area contributed by atoms with Crippen molar-refractivity contribution < 1.29 is 0 Å². The molecule has 0 aromatic heterocycles. The van der Waals surface area contributed by atoms with E-state index in [0.29, 0.717) is 11.5 Å². The van der Waals surface area contributed by atoms with Crippen LogP contribution in [0.1, 0.15) is 52.4 Å². The van der Waals surface area contributed by atoms with Crippen molar-refractivity contribution in [3.05, 3.63) is 0 Å². The first-order chi connectivity index (χ1) is 6.14. The van der Waals surface area contributed by atoms with E-state index in [-0.39, 0.29) is 0 Å². The van der Waals surface area contributed by atoms with E-state index < -0.39 is 0 Å². The predicted octanol–water partition coefficient (Wildman–Crippen LogP) is 2.94. The molecule has 1 nitrogen and oxygen atoms in total. The van der Waals surface area contributed by atoms with E-state index in [1.54, 1.807) is 0 Å². The lowest BCUT2D eigenvalue weighted by atomic mass is 9.51. The van der Waals surface area contributed by atoms with Crippen molar-refractivity contribution in [2.75, 3.05) is 0 Å². The molecule has 0 aromatic rings. The summed E-state index contributed by atoms with van der Waals surface area (Å²) in [5, 5.41) is 0. The van der Waals surface area contributed by atoms with Crippen molar-refractivity contribution in [2.24, 2.45) is 23.0 Å². The molecule has 0 aliphatic heterocycles. The van der Waals surface area contributed by atoms with Crippen LogP contribution in [0.15, 0.2) is 0 Å². The minimum absolute atomic E-state index is 0.527. The molecule has 2 N–H and O–H groups in total. The maximum absolute atomic E-state index is 5.95. The van der Waals surface area contributed by atoms with Crippen LogP contribution in [0.25, 0.3) is 0 Å². The van der Waals surface area contributed by atoms with Crippen LogP contribution in [0.3, 0.4) is 0 Å². The van der Waals surface area contributed by atoms with Gasteiger partial charge in [0.15, 0.2) is 0 Å². The van der Waals surface area contributed by atoms with Gasteiger partial charge in [0.05, 0.1) is 0 Å². The number of hydrogen-bond acceptors (Lipinski definition) is 1. The van der Waals surface area contributed by atoms with Crippen LogP contribution in [-0.4, -0.2) is 6.04 Å². The van der Waals surface area contributed by atoms with Gasteiger partial charge in [-0.1, -0.05) is 26.7 Å². The minimum Gasteiger partial charge on any atom is -0.328 e. The Balaban J connectivity index is 2.05. The van der Waals surface area contributed by atoms with E-state index >= 15 is 0 Å². The third-order valence-electron chi connectivity index (χ3n) is 4.37. The monoisotopic (exact) mass is 181 g/mol. The summed E-state index contributed by atoms with van der Waals surface area (Å²) in [7, 11) is 0. The molecule has 0 heterocycles. The highest BCUT2D eigenvalue weighted by molar-refractivity contribution is 5.02. The average molecular weight is 181 g/mol. The van der Waals surface area contributed by atoms with Gasteiger partial charge >= 0.3 is 0 Å². The summed E-state index contributed by atoms with van der Waals surface area (Å²) in [5.74, 6) is 1.84. The molecule has 1 spiro atoms. The lowest BCUT2D eigenvalue weighted by molar-refractivity contribution is -0.0317. The fourth-order valence-corrected chi connectivity index (χ4v) is 3.86. The molecule has 13 heavy (non-hydrogen) atoms. The molecule has 2 rings (SSSR count). The molecule has 0 radical (unpaired) electrons. The standard InChI is InChI=1S/C12H23N/c1-9(2)11-5-3-4-6-12(11)7-10(13)8-12/h9-11H,3-8,13H2,1-2H3. The largest absolute Gasteiger partial charge is 0.328 e. The Labute approximate surface area is 82.1 Å². The van der Waals surface area contributed by atoms with Crippen LogP contribution < -0.4 is 5.73 Å². The molecule has 0 saturated heterocycles. The Morgan fingerprint density at radius 1 is 1.23 bits per heavy atom. The molecule has 2 fully saturated rings. The topological polar surface area (TPSA) is 26.0 Å². The molecular weight excluding hydrogens is 158 g/mol. The summed E-state index contributed by atoms with van der Waals surface area (Å²) >= 11 is 0. The van der Waals surface area contributed by atoms with Crippen LogP contribution in [0, 0.1) is 17.3 Å². The molecule has 0 amide bonds. The van der Waals surface area contributed by atoms with Gasteiger partial charge in [0, 0.05) is 6.04 Å². The zero-order chi connectivity index (χ0) is 9.47. The van der Waals surface area contributed by atoms with E-state index in [4.69, 9.17) is 5.73 Å². The second kappa shape index (κ2) is 3.27. The summed E-state index contributed by atoms with van der Waals surface area (Å²) < 4.78 is 0. The first-order valence-corrected chi connectivity index (χ1v) is 5.90. The molecule has 2 aliphatic rings. The van der Waals surface area contributed by atoms with Crippen molar-refractivity contribution in [3.8, 4) is 0 Å². The highest BCUT2D eigenvalue weighted by atomic mass is 14.7. The molecule has 1 heteroatoms. The smallest absolute Gasteiger partial charge is 0.00496 e. The SMILES string of the molecule is CC(C)C1CCCCC12CC(N)C2. The maximum Gasteiger partial charge on any atom is 0.00496 e. The van der Waals surface area contributed by atoms with Crippen LogP contribution in [-0.2, 0) is 0 Å². The molecule has 76 valence electrons. The van der Waals surface area contributed by atoms with Crippen molar-refractivity contribution in [3.63, 3.8) is 0 Å².